The van der Waals surface area contributed by atoms with Crippen molar-refractivity contribution in [3.05, 3.63) is 59.7 Å². The van der Waals surface area contributed by atoms with Crippen molar-refractivity contribution in [3.8, 4) is 11.1 Å². The highest BCUT2D eigenvalue weighted by Crippen LogP contribution is 2.25. The molecule has 0 heterocycles. The van der Waals surface area contributed by atoms with Crippen molar-refractivity contribution in [2.75, 3.05) is 14.1 Å². The smallest absolute Gasteiger partial charge is 0.159 e. The number of benzene rings is 2. The molecule has 0 spiro atoms. The van der Waals surface area contributed by atoms with Crippen LogP contribution in [0, 0.1) is 11.6 Å². The lowest BCUT2D eigenvalue weighted by molar-refractivity contribution is 0.403. The first kappa shape index (κ1) is 12.7. The molecule has 94 valence electrons. The molecule has 0 saturated heterocycles. The molecule has 0 unspecified atom stereocenters. The predicted octanol–water partition coefficient (Wildman–Crippen LogP) is 3.69. The SMILES string of the molecule is CN(C)Cc1ccccc1-c1ccc(F)c(F)c1. The molecule has 0 fully saturated rings. The third-order valence-corrected chi connectivity index (χ3v) is 2.73. The molecule has 18 heavy (non-hydrogen) atoms. The van der Waals surface area contributed by atoms with Crippen LogP contribution in [0.3, 0.4) is 0 Å². The molecular formula is C15H15F2N. The lowest BCUT2D eigenvalue weighted by atomic mass is 9.99. The molecule has 0 bridgehead atoms. The summed E-state index contributed by atoms with van der Waals surface area (Å²) in [5.74, 6) is -1.63. The van der Waals surface area contributed by atoms with Gasteiger partial charge in [-0.1, -0.05) is 30.3 Å². The van der Waals surface area contributed by atoms with Gasteiger partial charge in [-0.25, -0.2) is 8.78 Å². The van der Waals surface area contributed by atoms with Crippen LogP contribution >= 0.6 is 0 Å². The topological polar surface area (TPSA) is 3.24 Å². The van der Waals surface area contributed by atoms with Crippen molar-refractivity contribution in [1.82, 2.24) is 4.90 Å². The van der Waals surface area contributed by atoms with Gasteiger partial charge in [-0.3, -0.25) is 0 Å². The van der Waals surface area contributed by atoms with E-state index in [1.54, 1.807) is 6.07 Å². The Kier molecular flexibility index (Phi) is 3.72. The van der Waals surface area contributed by atoms with Gasteiger partial charge >= 0.3 is 0 Å². The third-order valence-electron chi connectivity index (χ3n) is 2.73. The highest BCUT2D eigenvalue weighted by Gasteiger charge is 2.08. The average Bonchev–Trinajstić information content (AvgIpc) is 2.33. The van der Waals surface area contributed by atoms with Gasteiger partial charge in [-0.2, -0.15) is 0 Å². The van der Waals surface area contributed by atoms with E-state index in [4.69, 9.17) is 0 Å². The standard InChI is InChI=1S/C15H15F2N/c1-18(2)10-12-5-3-4-6-13(12)11-7-8-14(16)15(17)9-11/h3-9H,10H2,1-2H3. The molecule has 3 heteroatoms. The Hall–Kier alpha value is -1.74. The van der Waals surface area contributed by atoms with E-state index in [9.17, 15) is 8.78 Å². The van der Waals surface area contributed by atoms with Crippen LogP contribution < -0.4 is 0 Å². The van der Waals surface area contributed by atoms with E-state index < -0.39 is 11.6 Å². The first-order chi connectivity index (χ1) is 8.58. The highest BCUT2D eigenvalue weighted by atomic mass is 19.2. The summed E-state index contributed by atoms with van der Waals surface area (Å²) in [6, 6.07) is 11.8. The Morgan fingerprint density at radius 3 is 2.33 bits per heavy atom. The van der Waals surface area contributed by atoms with Gasteiger partial charge < -0.3 is 4.90 Å². The van der Waals surface area contributed by atoms with Gasteiger partial charge in [0.15, 0.2) is 11.6 Å². The lowest BCUT2D eigenvalue weighted by Crippen LogP contribution is -2.11. The normalized spacial score (nSPS) is 10.9. The van der Waals surface area contributed by atoms with Crippen LogP contribution in [0.5, 0.6) is 0 Å². The summed E-state index contributed by atoms with van der Waals surface area (Å²) >= 11 is 0. The maximum absolute atomic E-state index is 13.3. The van der Waals surface area contributed by atoms with Crippen molar-refractivity contribution in [1.29, 1.82) is 0 Å². The van der Waals surface area contributed by atoms with Crippen molar-refractivity contribution in [2.45, 2.75) is 6.54 Å². The maximum Gasteiger partial charge on any atom is 0.159 e. The summed E-state index contributed by atoms with van der Waals surface area (Å²) in [7, 11) is 3.95. The molecule has 2 aromatic carbocycles. The van der Waals surface area contributed by atoms with Gasteiger partial charge in [0.2, 0.25) is 0 Å². The maximum atomic E-state index is 13.3. The number of rotatable bonds is 3. The zero-order chi connectivity index (χ0) is 13.1. The van der Waals surface area contributed by atoms with Gasteiger partial charge in [-0.05, 0) is 42.9 Å². The monoisotopic (exact) mass is 247 g/mol. The summed E-state index contributed by atoms with van der Waals surface area (Å²) in [4.78, 5) is 2.04. The van der Waals surface area contributed by atoms with E-state index in [-0.39, 0.29) is 0 Å². The average molecular weight is 247 g/mol. The number of hydrogen-bond donors (Lipinski definition) is 0. The second kappa shape index (κ2) is 5.27. The molecule has 0 saturated carbocycles. The Morgan fingerprint density at radius 1 is 0.944 bits per heavy atom. The number of halogens is 2. The number of hydrogen-bond acceptors (Lipinski definition) is 1. The Bertz CT molecular complexity index is 550. The minimum absolute atomic E-state index is 0.700. The fraction of sp³-hybridized carbons (Fsp3) is 0.200. The minimum Gasteiger partial charge on any atom is -0.305 e. The van der Waals surface area contributed by atoms with Gasteiger partial charge in [-0.15, -0.1) is 0 Å². The molecule has 0 amide bonds. The van der Waals surface area contributed by atoms with Crippen molar-refractivity contribution >= 4 is 0 Å². The molecule has 1 nitrogen and oxygen atoms in total. The zero-order valence-electron chi connectivity index (χ0n) is 10.5. The Morgan fingerprint density at radius 2 is 1.67 bits per heavy atom. The summed E-state index contributed by atoms with van der Waals surface area (Å²) in [5.41, 5.74) is 2.73. The summed E-state index contributed by atoms with van der Waals surface area (Å²) in [6.07, 6.45) is 0. The molecule has 2 rings (SSSR count). The molecule has 0 aliphatic rings. The van der Waals surface area contributed by atoms with Crippen molar-refractivity contribution < 1.29 is 8.78 Å². The summed E-state index contributed by atoms with van der Waals surface area (Å²) in [5, 5.41) is 0. The van der Waals surface area contributed by atoms with Gasteiger partial charge in [0.1, 0.15) is 0 Å². The second-order valence-corrected chi connectivity index (χ2v) is 4.52. The van der Waals surface area contributed by atoms with E-state index in [1.165, 1.54) is 6.07 Å². The fourth-order valence-corrected chi connectivity index (χ4v) is 1.94. The van der Waals surface area contributed by atoms with Crippen LogP contribution in [0.25, 0.3) is 11.1 Å². The van der Waals surface area contributed by atoms with Crippen molar-refractivity contribution in [2.24, 2.45) is 0 Å². The molecule has 0 N–H and O–H groups in total. The number of nitrogens with zero attached hydrogens (tertiary/aromatic N) is 1. The highest BCUT2D eigenvalue weighted by molar-refractivity contribution is 5.67. The molecule has 0 aliphatic heterocycles. The Labute approximate surface area is 106 Å². The molecule has 2 aromatic rings. The molecule has 0 radical (unpaired) electrons. The fourth-order valence-electron chi connectivity index (χ4n) is 1.94. The van der Waals surface area contributed by atoms with Gasteiger partial charge in [0.05, 0.1) is 0 Å². The molecule has 0 aliphatic carbocycles. The predicted molar refractivity (Wildman–Crippen MR) is 69.2 cm³/mol. The molecule has 0 atom stereocenters. The van der Waals surface area contributed by atoms with Crippen LogP contribution in [0.15, 0.2) is 42.5 Å². The van der Waals surface area contributed by atoms with E-state index in [0.29, 0.717) is 5.56 Å². The van der Waals surface area contributed by atoms with E-state index in [0.717, 1.165) is 23.7 Å². The van der Waals surface area contributed by atoms with Crippen LogP contribution in [0.2, 0.25) is 0 Å². The van der Waals surface area contributed by atoms with Gasteiger partial charge in [0.25, 0.3) is 0 Å². The van der Waals surface area contributed by atoms with Crippen LogP contribution in [0.4, 0.5) is 8.78 Å². The lowest BCUT2D eigenvalue weighted by Gasteiger charge is -2.14. The molecule has 0 aromatic heterocycles. The van der Waals surface area contributed by atoms with E-state index >= 15 is 0 Å². The summed E-state index contributed by atoms with van der Waals surface area (Å²) in [6.45, 7) is 0.759. The largest absolute Gasteiger partial charge is 0.305 e. The Balaban J connectivity index is 2.46. The van der Waals surface area contributed by atoms with Gasteiger partial charge in [0, 0.05) is 6.54 Å². The van der Waals surface area contributed by atoms with Crippen LogP contribution in [-0.2, 0) is 6.54 Å². The minimum atomic E-state index is -0.816. The van der Waals surface area contributed by atoms with Crippen LogP contribution in [0.1, 0.15) is 5.56 Å². The second-order valence-electron chi connectivity index (χ2n) is 4.52. The first-order valence-electron chi connectivity index (χ1n) is 5.76. The summed E-state index contributed by atoms with van der Waals surface area (Å²) < 4.78 is 26.2. The van der Waals surface area contributed by atoms with Crippen LogP contribution in [-0.4, -0.2) is 19.0 Å². The first-order valence-corrected chi connectivity index (χ1v) is 5.76. The molecular weight excluding hydrogens is 232 g/mol. The van der Waals surface area contributed by atoms with E-state index in [2.05, 4.69) is 0 Å². The third kappa shape index (κ3) is 2.74. The van der Waals surface area contributed by atoms with Crippen molar-refractivity contribution in [3.63, 3.8) is 0 Å². The zero-order valence-corrected chi connectivity index (χ0v) is 10.5. The quantitative estimate of drug-likeness (QED) is 0.799. The van der Waals surface area contributed by atoms with E-state index in [1.807, 2.05) is 43.3 Å².